The fourth-order valence-electron chi connectivity index (χ4n) is 0.637. The summed E-state index contributed by atoms with van der Waals surface area (Å²) in [6, 6.07) is 2.90. The number of carbonyl (C=O) groups excluding carboxylic acids is 1. The third-order valence-electron chi connectivity index (χ3n) is 1.08. The summed E-state index contributed by atoms with van der Waals surface area (Å²) < 4.78 is 25.0. The molecule has 4 nitrogen and oxygen atoms in total. The molecule has 0 N–H and O–H groups in total. The minimum absolute atomic E-state index is 0.0410. The van der Waals surface area contributed by atoms with Crippen LogP contribution in [0, 0.1) is 0 Å². The maximum absolute atomic E-state index is 10.9. The summed E-state index contributed by atoms with van der Waals surface area (Å²) >= 11 is 5.17. The first-order valence-electron chi connectivity index (χ1n) is 4.40. The fourth-order valence-corrected chi connectivity index (χ4v) is 0.764. The van der Waals surface area contributed by atoms with E-state index in [9.17, 15) is 4.79 Å². The Morgan fingerprint density at radius 3 is 3.25 bits per heavy atom. The Morgan fingerprint density at radius 2 is 2.75 bits per heavy atom. The molecule has 0 aliphatic heterocycles. The van der Waals surface area contributed by atoms with Gasteiger partial charge in [-0.1, -0.05) is 5.16 Å². The standard InChI is InChI=1S/C7H6ClNO3/c1-11-9-6(7(8)10)5-3-2-4-12-5/h2-4H,1H3/b9-6-/i1D3. The van der Waals surface area contributed by atoms with Crippen molar-refractivity contribution in [2.75, 3.05) is 7.04 Å². The average Bonchev–Trinajstić information content (AvgIpc) is 2.54. The Balaban J connectivity index is 2.90. The lowest BCUT2D eigenvalue weighted by atomic mass is 10.3. The Bertz CT molecular complexity index is 371. The van der Waals surface area contributed by atoms with Gasteiger partial charge in [-0.05, 0) is 23.7 Å². The molecule has 12 heavy (non-hydrogen) atoms. The molecule has 0 fully saturated rings. The van der Waals surface area contributed by atoms with E-state index in [4.69, 9.17) is 20.1 Å². The van der Waals surface area contributed by atoms with Crippen molar-refractivity contribution in [3.63, 3.8) is 0 Å². The summed E-state index contributed by atoms with van der Waals surface area (Å²) in [5.74, 6) is 0.0410. The van der Waals surface area contributed by atoms with E-state index in [0.29, 0.717) is 0 Å². The molecule has 0 atom stereocenters. The van der Waals surface area contributed by atoms with Gasteiger partial charge in [0.15, 0.2) is 5.76 Å². The minimum Gasteiger partial charge on any atom is -0.462 e. The lowest BCUT2D eigenvalue weighted by molar-refractivity contribution is -0.106. The molecule has 0 aromatic carbocycles. The molecule has 5 heteroatoms. The number of furan rings is 1. The zero-order valence-electron chi connectivity index (χ0n) is 8.78. The highest BCUT2D eigenvalue weighted by Crippen LogP contribution is 2.05. The van der Waals surface area contributed by atoms with Gasteiger partial charge in [0.25, 0.3) is 5.24 Å². The molecule has 0 bridgehead atoms. The molecular formula is C7H6ClNO3. The lowest BCUT2D eigenvalue weighted by Crippen LogP contribution is -2.08. The summed E-state index contributed by atoms with van der Waals surface area (Å²) in [4.78, 5) is 15.0. The van der Waals surface area contributed by atoms with Crippen molar-refractivity contribution in [3.05, 3.63) is 24.2 Å². The zero-order valence-corrected chi connectivity index (χ0v) is 6.54. The number of nitrogens with zero attached hydrogens (tertiary/aromatic N) is 1. The Morgan fingerprint density at radius 1 is 1.92 bits per heavy atom. The van der Waals surface area contributed by atoms with E-state index < -0.39 is 18.0 Å². The van der Waals surface area contributed by atoms with Crippen LogP contribution >= 0.6 is 11.6 Å². The largest absolute Gasteiger partial charge is 0.462 e. The molecule has 0 spiro atoms. The summed E-state index contributed by atoms with van der Waals surface area (Å²) in [6.45, 7) is 0. The molecule has 0 radical (unpaired) electrons. The number of oxime groups is 1. The van der Waals surface area contributed by atoms with Crippen LogP contribution < -0.4 is 0 Å². The number of hydrogen-bond acceptors (Lipinski definition) is 4. The van der Waals surface area contributed by atoms with Crippen molar-refractivity contribution >= 4 is 22.6 Å². The molecule has 0 saturated carbocycles. The van der Waals surface area contributed by atoms with Crippen LogP contribution in [-0.4, -0.2) is 18.0 Å². The third kappa shape index (κ3) is 1.85. The normalized spacial score (nSPS) is 16.1. The highest BCUT2D eigenvalue weighted by atomic mass is 35.5. The molecular weight excluding hydrogens is 182 g/mol. The maximum atomic E-state index is 10.9. The summed E-state index contributed by atoms with van der Waals surface area (Å²) in [5.41, 5.74) is -0.391. The Hall–Kier alpha value is -1.29. The summed E-state index contributed by atoms with van der Waals surface area (Å²) in [7, 11) is -2.73. The third-order valence-corrected chi connectivity index (χ3v) is 1.26. The number of hydrogen-bond donors (Lipinski definition) is 0. The zero-order chi connectivity index (χ0) is 11.5. The van der Waals surface area contributed by atoms with Crippen LogP contribution in [0.15, 0.2) is 28.0 Å². The van der Waals surface area contributed by atoms with E-state index in [2.05, 4.69) is 9.99 Å². The van der Waals surface area contributed by atoms with Crippen molar-refractivity contribution in [2.45, 2.75) is 0 Å². The molecule has 1 rings (SSSR count). The molecule has 0 amide bonds. The smallest absolute Gasteiger partial charge is 0.278 e. The van der Waals surface area contributed by atoms with Gasteiger partial charge >= 0.3 is 0 Å². The van der Waals surface area contributed by atoms with Crippen LogP contribution in [0.3, 0.4) is 0 Å². The van der Waals surface area contributed by atoms with E-state index in [1.165, 1.54) is 18.4 Å². The van der Waals surface area contributed by atoms with Crippen LogP contribution in [0.1, 0.15) is 9.87 Å². The van der Waals surface area contributed by atoms with Gasteiger partial charge in [-0.25, -0.2) is 0 Å². The van der Waals surface area contributed by atoms with Gasteiger partial charge in [-0.2, -0.15) is 0 Å². The van der Waals surface area contributed by atoms with Crippen LogP contribution in [0.2, 0.25) is 0 Å². The highest BCUT2D eigenvalue weighted by Gasteiger charge is 2.14. The van der Waals surface area contributed by atoms with E-state index >= 15 is 0 Å². The van der Waals surface area contributed by atoms with Crippen molar-refractivity contribution < 1.29 is 18.2 Å². The van der Waals surface area contributed by atoms with Crippen LogP contribution in [-0.2, 0) is 9.63 Å². The monoisotopic (exact) mass is 190 g/mol. The number of carbonyl (C=O) groups is 1. The topological polar surface area (TPSA) is 51.8 Å². The van der Waals surface area contributed by atoms with Gasteiger partial charge in [0.05, 0.1) is 10.4 Å². The molecule has 0 unspecified atom stereocenters. The molecule has 1 heterocycles. The number of halogens is 1. The second-order valence-corrected chi connectivity index (χ2v) is 2.13. The van der Waals surface area contributed by atoms with Crippen molar-refractivity contribution in [2.24, 2.45) is 5.16 Å². The molecule has 1 aromatic rings. The van der Waals surface area contributed by atoms with Gasteiger partial charge in [0.1, 0.15) is 7.04 Å². The maximum Gasteiger partial charge on any atom is 0.278 e. The van der Waals surface area contributed by atoms with Gasteiger partial charge in [-0.15, -0.1) is 0 Å². The first-order valence-corrected chi connectivity index (χ1v) is 3.28. The summed E-state index contributed by atoms with van der Waals surface area (Å²) in [6.07, 6.45) is 1.29. The molecule has 0 saturated heterocycles. The van der Waals surface area contributed by atoms with Crippen LogP contribution in [0.5, 0.6) is 0 Å². The second-order valence-electron chi connectivity index (χ2n) is 1.78. The fraction of sp³-hybridized carbons (Fsp3) is 0.143. The SMILES string of the molecule is [2H]C([2H])([2H])O/N=C(\C(=O)Cl)c1ccco1. The highest BCUT2D eigenvalue weighted by molar-refractivity contribution is 6.83. The van der Waals surface area contributed by atoms with Crippen molar-refractivity contribution in [1.29, 1.82) is 0 Å². The lowest BCUT2D eigenvalue weighted by Gasteiger charge is -1.93. The quantitative estimate of drug-likeness (QED) is 0.411. The first-order chi connectivity index (χ1) is 6.90. The van der Waals surface area contributed by atoms with Crippen LogP contribution in [0.4, 0.5) is 0 Å². The van der Waals surface area contributed by atoms with Gasteiger partial charge in [0, 0.05) is 0 Å². The van der Waals surface area contributed by atoms with Gasteiger partial charge in [-0.3, -0.25) is 4.79 Å². The van der Waals surface area contributed by atoms with Crippen LogP contribution in [0.25, 0.3) is 0 Å². The Kier molecular flexibility index (Phi) is 1.75. The molecule has 0 aliphatic rings. The van der Waals surface area contributed by atoms with Gasteiger partial charge < -0.3 is 9.25 Å². The van der Waals surface area contributed by atoms with Crippen molar-refractivity contribution in [3.8, 4) is 0 Å². The first kappa shape index (κ1) is 5.37. The second kappa shape index (κ2) is 3.92. The minimum atomic E-state index is -2.73. The van der Waals surface area contributed by atoms with Gasteiger partial charge in [0.2, 0.25) is 5.71 Å². The van der Waals surface area contributed by atoms with Crippen molar-refractivity contribution in [1.82, 2.24) is 0 Å². The van der Waals surface area contributed by atoms with E-state index in [0.717, 1.165) is 0 Å². The Labute approximate surface area is 78.0 Å². The molecule has 0 aliphatic carbocycles. The summed E-state index contributed by atoms with van der Waals surface area (Å²) in [5, 5.41) is 2.15. The predicted molar refractivity (Wildman–Crippen MR) is 43.1 cm³/mol. The predicted octanol–water partition coefficient (Wildman–Crippen LogP) is 1.40. The number of rotatable bonds is 3. The van der Waals surface area contributed by atoms with E-state index in [1.807, 2.05) is 0 Å². The average molecular weight is 191 g/mol. The molecule has 64 valence electrons. The van der Waals surface area contributed by atoms with E-state index in [1.54, 1.807) is 0 Å². The van der Waals surface area contributed by atoms with E-state index in [-0.39, 0.29) is 5.76 Å². The molecule has 1 aromatic heterocycles.